The van der Waals surface area contributed by atoms with Gasteiger partial charge in [-0.25, -0.2) is 4.98 Å². The van der Waals surface area contributed by atoms with Crippen molar-refractivity contribution in [3.05, 3.63) is 52.3 Å². The molecule has 0 atom stereocenters. The Morgan fingerprint density at radius 1 is 1.37 bits per heavy atom. The van der Waals surface area contributed by atoms with Gasteiger partial charge in [-0.15, -0.1) is 0 Å². The van der Waals surface area contributed by atoms with E-state index in [9.17, 15) is 0 Å². The van der Waals surface area contributed by atoms with Crippen LogP contribution >= 0.6 is 15.9 Å². The molecule has 2 aromatic rings. The standard InChI is InChI=1S/C14H12BrN3O/c1-19-14-3-2-11(7-13(14)15)18-9-10-4-5-17-12(6-10)8-16/h2-7,18H,9H2,1H3. The predicted octanol–water partition coefficient (Wildman–Crippen LogP) is 3.34. The number of pyridine rings is 1. The second kappa shape index (κ2) is 6.21. The Bertz CT molecular complexity index is 622. The molecule has 0 bridgehead atoms. The Morgan fingerprint density at radius 2 is 2.21 bits per heavy atom. The number of benzene rings is 1. The number of anilines is 1. The highest BCUT2D eigenvalue weighted by atomic mass is 79.9. The molecule has 1 heterocycles. The molecule has 4 nitrogen and oxygen atoms in total. The molecule has 0 amide bonds. The zero-order valence-corrected chi connectivity index (χ0v) is 11.9. The van der Waals surface area contributed by atoms with E-state index < -0.39 is 0 Å². The minimum atomic E-state index is 0.426. The number of hydrogen-bond donors (Lipinski definition) is 1. The van der Waals surface area contributed by atoms with Gasteiger partial charge in [0.05, 0.1) is 11.6 Å². The van der Waals surface area contributed by atoms with Crippen molar-refractivity contribution >= 4 is 21.6 Å². The van der Waals surface area contributed by atoms with Gasteiger partial charge in [-0.3, -0.25) is 0 Å². The number of hydrogen-bond acceptors (Lipinski definition) is 4. The number of nitrogens with one attached hydrogen (secondary N) is 1. The third-order valence-corrected chi connectivity index (χ3v) is 3.21. The van der Waals surface area contributed by atoms with Crippen LogP contribution in [0.4, 0.5) is 5.69 Å². The van der Waals surface area contributed by atoms with Crippen molar-refractivity contribution < 1.29 is 4.74 Å². The van der Waals surface area contributed by atoms with Gasteiger partial charge in [-0.1, -0.05) is 0 Å². The molecule has 0 aliphatic rings. The van der Waals surface area contributed by atoms with Gasteiger partial charge in [0, 0.05) is 18.4 Å². The second-order valence-corrected chi connectivity index (χ2v) is 4.72. The Morgan fingerprint density at radius 3 is 2.89 bits per heavy atom. The number of methoxy groups -OCH3 is 1. The summed E-state index contributed by atoms with van der Waals surface area (Å²) in [7, 11) is 1.63. The van der Waals surface area contributed by atoms with Gasteiger partial charge >= 0.3 is 0 Å². The number of rotatable bonds is 4. The van der Waals surface area contributed by atoms with Gasteiger partial charge in [0.1, 0.15) is 17.5 Å². The maximum Gasteiger partial charge on any atom is 0.140 e. The van der Waals surface area contributed by atoms with Crippen LogP contribution in [-0.2, 0) is 6.54 Å². The third kappa shape index (κ3) is 3.46. The lowest BCUT2D eigenvalue weighted by Crippen LogP contribution is -2.00. The largest absolute Gasteiger partial charge is 0.496 e. The number of aromatic nitrogens is 1. The molecule has 0 spiro atoms. The smallest absolute Gasteiger partial charge is 0.140 e. The summed E-state index contributed by atoms with van der Waals surface area (Å²) in [5.41, 5.74) is 2.41. The summed E-state index contributed by atoms with van der Waals surface area (Å²) in [5, 5.41) is 12.1. The molecule has 1 aromatic heterocycles. The van der Waals surface area contributed by atoms with E-state index in [0.717, 1.165) is 21.5 Å². The molecule has 1 N–H and O–H groups in total. The highest BCUT2D eigenvalue weighted by Gasteiger charge is 2.02. The molecule has 0 radical (unpaired) electrons. The van der Waals surface area contributed by atoms with Crippen LogP contribution < -0.4 is 10.1 Å². The van der Waals surface area contributed by atoms with E-state index in [4.69, 9.17) is 10.00 Å². The van der Waals surface area contributed by atoms with Crippen LogP contribution in [0.5, 0.6) is 5.75 Å². The maximum absolute atomic E-state index is 8.79. The lowest BCUT2D eigenvalue weighted by Gasteiger charge is -2.09. The topological polar surface area (TPSA) is 57.9 Å². The molecule has 5 heteroatoms. The van der Waals surface area contributed by atoms with E-state index in [1.807, 2.05) is 30.3 Å². The lowest BCUT2D eigenvalue weighted by atomic mass is 10.2. The fourth-order valence-corrected chi connectivity index (χ4v) is 2.17. The second-order valence-electron chi connectivity index (χ2n) is 3.86. The van der Waals surface area contributed by atoms with Gasteiger partial charge in [0.25, 0.3) is 0 Å². The number of halogens is 1. The summed E-state index contributed by atoms with van der Waals surface area (Å²) < 4.78 is 6.07. The summed E-state index contributed by atoms with van der Waals surface area (Å²) in [5.74, 6) is 0.793. The Hall–Kier alpha value is -2.06. The summed E-state index contributed by atoms with van der Waals surface area (Å²) in [4.78, 5) is 3.94. The van der Waals surface area contributed by atoms with E-state index in [1.165, 1.54) is 0 Å². The fraction of sp³-hybridized carbons (Fsp3) is 0.143. The molecule has 0 fully saturated rings. The monoisotopic (exact) mass is 317 g/mol. The van der Waals surface area contributed by atoms with E-state index >= 15 is 0 Å². The molecule has 0 saturated carbocycles. The van der Waals surface area contributed by atoms with Crippen LogP contribution in [-0.4, -0.2) is 12.1 Å². The average Bonchev–Trinajstić information content (AvgIpc) is 2.45. The molecule has 96 valence electrons. The van der Waals surface area contributed by atoms with Crippen molar-refractivity contribution in [2.24, 2.45) is 0 Å². The summed E-state index contributed by atoms with van der Waals surface area (Å²) in [6.07, 6.45) is 1.64. The minimum absolute atomic E-state index is 0.426. The molecule has 19 heavy (non-hydrogen) atoms. The molecule has 2 rings (SSSR count). The van der Waals surface area contributed by atoms with Crippen LogP contribution in [0.1, 0.15) is 11.3 Å². The summed E-state index contributed by atoms with van der Waals surface area (Å²) >= 11 is 3.44. The van der Waals surface area contributed by atoms with Crippen LogP contribution in [0.25, 0.3) is 0 Å². The van der Waals surface area contributed by atoms with E-state index in [2.05, 4.69) is 26.2 Å². The number of nitrogens with zero attached hydrogens (tertiary/aromatic N) is 2. The maximum atomic E-state index is 8.79. The van der Waals surface area contributed by atoms with E-state index in [-0.39, 0.29) is 0 Å². The highest BCUT2D eigenvalue weighted by molar-refractivity contribution is 9.10. The predicted molar refractivity (Wildman–Crippen MR) is 77.0 cm³/mol. The molecule has 0 aliphatic carbocycles. The SMILES string of the molecule is COc1ccc(NCc2ccnc(C#N)c2)cc1Br. The number of nitriles is 1. The van der Waals surface area contributed by atoms with E-state index in [1.54, 1.807) is 19.4 Å². The quantitative estimate of drug-likeness (QED) is 0.939. The lowest BCUT2D eigenvalue weighted by molar-refractivity contribution is 0.412. The van der Waals surface area contributed by atoms with Gasteiger partial charge in [0.15, 0.2) is 0 Å². The van der Waals surface area contributed by atoms with Crippen molar-refractivity contribution in [3.8, 4) is 11.8 Å². The normalized spacial score (nSPS) is 9.74. The first kappa shape index (κ1) is 13.4. The van der Waals surface area contributed by atoms with Crippen molar-refractivity contribution in [2.75, 3.05) is 12.4 Å². The first-order chi connectivity index (χ1) is 9.22. The molecule has 0 saturated heterocycles. The number of ether oxygens (including phenoxy) is 1. The van der Waals surface area contributed by atoms with Crippen LogP contribution in [0.15, 0.2) is 41.0 Å². The average molecular weight is 318 g/mol. The Balaban J connectivity index is 2.06. The van der Waals surface area contributed by atoms with Gasteiger partial charge in [-0.2, -0.15) is 5.26 Å². The summed E-state index contributed by atoms with van der Waals surface area (Å²) in [6.45, 7) is 0.635. The first-order valence-electron chi connectivity index (χ1n) is 5.65. The fourth-order valence-electron chi connectivity index (χ4n) is 1.63. The molecular weight excluding hydrogens is 306 g/mol. The van der Waals surface area contributed by atoms with Crippen molar-refractivity contribution in [1.82, 2.24) is 4.98 Å². The zero-order valence-electron chi connectivity index (χ0n) is 10.4. The minimum Gasteiger partial charge on any atom is -0.496 e. The molecule has 0 unspecified atom stereocenters. The first-order valence-corrected chi connectivity index (χ1v) is 6.44. The van der Waals surface area contributed by atoms with Crippen molar-refractivity contribution in [3.63, 3.8) is 0 Å². The highest BCUT2D eigenvalue weighted by Crippen LogP contribution is 2.27. The molecular formula is C14H12BrN3O. The summed E-state index contributed by atoms with van der Waals surface area (Å²) in [6, 6.07) is 11.5. The van der Waals surface area contributed by atoms with Crippen LogP contribution in [0.3, 0.4) is 0 Å². The Labute approximate surface area is 120 Å². The van der Waals surface area contributed by atoms with Crippen molar-refractivity contribution in [2.45, 2.75) is 6.54 Å². The Kier molecular flexibility index (Phi) is 4.37. The van der Waals surface area contributed by atoms with Gasteiger partial charge in [0.2, 0.25) is 0 Å². The third-order valence-electron chi connectivity index (χ3n) is 2.59. The van der Waals surface area contributed by atoms with E-state index in [0.29, 0.717) is 12.2 Å². The molecule has 1 aromatic carbocycles. The van der Waals surface area contributed by atoms with Crippen LogP contribution in [0, 0.1) is 11.3 Å². The van der Waals surface area contributed by atoms with Gasteiger partial charge < -0.3 is 10.1 Å². The van der Waals surface area contributed by atoms with Crippen molar-refractivity contribution in [1.29, 1.82) is 5.26 Å². The van der Waals surface area contributed by atoms with Gasteiger partial charge in [-0.05, 0) is 51.8 Å². The zero-order chi connectivity index (χ0) is 13.7. The molecule has 0 aliphatic heterocycles. The van der Waals surface area contributed by atoms with Crippen LogP contribution in [0.2, 0.25) is 0 Å².